The van der Waals surface area contributed by atoms with E-state index < -0.39 is 22.7 Å². The average Bonchev–Trinajstić information content (AvgIpc) is 3.06. The lowest BCUT2D eigenvalue weighted by atomic mass is 10.1. The summed E-state index contributed by atoms with van der Waals surface area (Å²) < 4.78 is 5.38. The van der Waals surface area contributed by atoms with Crippen LogP contribution in [-0.2, 0) is 4.79 Å². The van der Waals surface area contributed by atoms with Crippen molar-refractivity contribution in [3.63, 3.8) is 0 Å². The second-order valence-corrected chi connectivity index (χ2v) is 9.61. The summed E-state index contributed by atoms with van der Waals surface area (Å²) in [6, 6.07) is 27.6. The van der Waals surface area contributed by atoms with Gasteiger partial charge in [-0.05, 0) is 79.6 Å². The van der Waals surface area contributed by atoms with E-state index >= 15 is 0 Å². The number of carbonyl (C=O) groups excluding carboxylic acids is 3. The molecule has 0 aliphatic heterocycles. The Kier molecular flexibility index (Phi) is 10.9. The van der Waals surface area contributed by atoms with Crippen molar-refractivity contribution in [2.24, 2.45) is 5.10 Å². The van der Waals surface area contributed by atoms with Gasteiger partial charge in [-0.3, -0.25) is 19.7 Å². The number of nitrogens with zero attached hydrogens (tertiary/aromatic N) is 3. The first-order chi connectivity index (χ1) is 21.8. The van der Waals surface area contributed by atoms with Crippen molar-refractivity contribution >= 4 is 41.4 Å². The molecule has 11 heteroatoms. The Morgan fingerprint density at radius 3 is 2.18 bits per heavy atom. The van der Waals surface area contributed by atoms with Crippen molar-refractivity contribution in [3.05, 3.63) is 141 Å². The van der Waals surface area contributed by atoms with E-state index in [-0.39, 0.29) is 22.7 Å². The van der Waals surface area contributed by atoms with Crippen LogP contribution < -0.4 is 20.4 Å². The van der Waals surface area contributed by atoms with E-state index in [9.17, 15) is 24.5 Å². The van der Waals surface area contributed by atoms with Gasteiger partial charge in [-0.25, -0.2) is 10.2 Å². The summed E-state index contributed by atoms with van der Waals surface area (Å²) in [5, 5.41) is 17.5. The SMILES string of the molecule is CCN(CC)c1ccc(/C=C(\NC(=O)c2ccccc2)C(=O)N/N=C/c2cccc(OC(=O)c3ccc([N+](=O)[O-])cc3)c2)cc1. The highest BCUT2D eigenvalue weighted by Crippen LogP contribution is 2.18. The number of nitro benzene ring substituents is 1. The number of hydrogen-bond acceptors (Lipinski definition) is 8. The molecule has 0 aliphatic carbocycles. The Balaban J connectivity index is 1.47. The number of rotatable bonds is 12. The topological polar surface area (TPSA) is 143 Å². The average molecular weight is 606 g/mol. The number of anilines is 1. The van der Waals surface area contributed by atoms with Crippen molar-refractivity contribution in [1.82, 2.24) is 10.7 Å². The van der Waals surface area contributed by atoms with Gasteiger partial charge < -0.3 is 15.0 Å². The molecular formula is C34H31N5O6. The molecule has 2 amide bonds. The fourth-order valence-electron chi connectivity index (χ4n) is 4.25. The van der Waals surface area contributed by atoms with Crippen LogP contribution in [0.4, 0.5) is 11.4 Å². The van der Waals surface area contributed by atoms with E-state index in [4.69, 9.17) is 4.74 Å². The Bertz CT molecular complexity index is 1710. The molecule has 4 aromatic rings. The Labute approximate surface area is 260 Å². The van der Waals surface area contributed by atoms with Gasteiger partial charge in [0.2, 0.25) is 0 Å². The number of ether oxygens (including phenoxy) is 1. The summed E-state index contributed by atoms with van der Waals surface area (Å²) >= 11 is 0. The van der Waals surface area contributed by atoms with E-state index in [2.05, 4.69) is 34.6 Å². The van der Waals surface area contributed by atoms with Crippen LogP contribution in [0, 0.1) is 10.1 Å². The maximum absolute atomic E-state index is 13.2. The minimum Gasteiger partial charge on any atom is -0.423 e. The number of carbonyl (C=O) groups is 3. The lowest BCUT2D eigenvalue weighted by molar-refractivity contribution is -0.384. The molecule has 4 rings (SSSR count). The van der Waals surface area contributed by atoms with Crippen molar-refractivity contribution in [1.29, 1.82) is 0 Å². The quantitative estimate of drug-likeness (QED) is 0.0536. The van der Waals surface area contributed by atoms with E-state index in [0.717, 1.165) is 18.8 Å². The van der Waals surface area contributed by atoms with Crippen LogP contribution in [0.5, 0.6) is 5.75 Å². The van der Waals surface area contributed by atoms with E-state index in [1.54, 1.807) is 54.6 Å². The van der Waals surface area contributed by atoms with Crippen LogP contribution in [-0.4, -0.2) is 42.0 Å². The highest BCUT2D eigenvalue weighted by atomic mass is 16.6. The smallest absolute Gasteiger partial charge is 0.343 e. The minimum absolute atomic E-state index is 0.0117. The zero-order valence-electron chi connectivity index (χ0n) is 24.7. The third kappa shape index (κ3) is 8.94. The van der Waals surface area contributed by atoms with Crippen LogP contribution in [0.2, 0.25) is 0 Å². The molecule has 0 unspecified atom stereocenters. The first-order valence-electron chi connectivity index (χ1n) is 14.1. The zero-order chi connectivity index (χ0) is 32.2. The molecule has 2 N–H and O–H groups in total. The first kappa shape index (κ1) is 31.8. The second kappa shape index (κ2) is 15.4. The highest BCUT2D eigenvalue weighted by molar-refractivity contribution is 6.05. The molecule has 0 saturated heterocycles. The number of amides is 2. The fraction of sp³-hybridized carbons (Fsp3) is 0.118. The van der Waals surface area contributed by atoms with E-state index in [1.807, 2.05) is 24.3 Å². The third-order valence-electron chi connectivity index (χ3n) is 6.62. The van der Waals surface area contributed by atoms with Crippen LogP contribution >= 0.6 is 0 Å². The lowest BCUT2D eigenvalue weighted by Crippen LogP contribution is -2.32. The Morgan fingerprint density at radius 1 is 0.844 bits per heavy atom. The molecule has 0 fully saturated rings. The van der Waals surface area contributed by atoms with E-state index in [1.165, 1.54) is 36.5 Å². The Hall–Kier alpha value is -6.10. The van der Waals surface area contributed by atoms with Gasteiger partial charge in [0.25, 0.3) is 17.5 Å². The molecule has 45 heavy (non-hydrogen) atoms. The molecule has 0 atom stereocenters. The van der Waals surface area contributed by atoms with Crippen molar-refractivity contribution in [2.45, 2.75) is 13.8 Å². The monoisotopic (exact) mass is 605 g/mol. The van der Waals surface area contributed by atoms with Crippen molar-refractivity contribution in [2.75, 3.05) is 18.0 Å². The van der Waals surface area contributed by atoms with Crippen LogP contribution in [0.25, 0.3) is 6.08 Å². The van der Waals surface area contributed by atoms with Gasteiger partial charge in [0, 0.05) is 36.5 Å². The number of nitro groups is 1. The number of non-ortho nitro benzene ring substituents is 1. The Morgan fingerprint density at radius 2 is 1.53 bits per heavy atom. The number of esters is 1. The number of benzene rings is 4. The van der Waals surface area contributed by atoms with Gasteiger partial charge in [-0.2, -0.15) is 5.10 Å². The highest BCUT2D eigenvalue weighted by Gasteiger charge is 2.15. The summed E-state index contributed by atoms with van der Waals surface area (Å²) in [4.78, 5) is 51.0. The molecule has 4 aromatic carbocycles. The summed E-state index contributed by atoms with van der Waals surface area (Å²) in [7, 11) is 0. The zero-order valence-corrected chi connectivity index (χ0v) is 24.7. The van der Waals surface area contributed by atoms with Gasteiger partial charge in [0.05, 0.1) is 16.7 Å². The van der Waals surface area contributed by atoms with Crippen LogP contribution in [0.3, 0.4) is 0 Å². The number of hydrogen-bond donors (Lipinski definition) is 2. The molecular weight excluding hydrogens is 574 g/mol. The second-order valence-electron chi connectivity index (χ2n) is 9.61. The standard InChI is InChI=1S/C34H31N5O6/c1-3-38(4-2)28-17-13-24(14-18-28)22-31(36-32(40)26-10-6-5-7-11-26)33(41)37-35-23-25-9-8-12-30(21-25)45-34(42)27-15-19-29(20-16-27)39(43)44/h5-23H,3-4H2,1-2H3,(H,36,40)(H,37,41)/b31-22-,35-23+. The molecule has 0 saturated carbocycles. The largest absolute Gasteiger partial charge is 0.423 e. The van der Waals surface area contributed by atoms with Gasteiger partial charge in [-0.15, -0.1) is 0 Å². The molecule has 0 radical (unpaired) electrons. The van der Waals surface area contributed by atoms with E-state index in [0.29, 0.717) is 16.7 Å². The summed E-state index contributed by atoms with van der Waals surface area (Å²) in [5.41, 5.74) is 5.07. The maximum Gasteiger partial charge on any atom is 0.343 e. The van der Waals surface area contributed by atoms with Gasteiger partial charge >= 0.3 is 5.97 Å². The third-order valence-corrected chi connectivity index (χ3v) is 6.62. The van der Waals surface area contributed by atoms with Gasteiger partial charge in [0.1, 0.15) is 11.4 Å². The summed E-state index contributed by atoms with van der Waals surface area (Å²) in [6.45, 7) is 5.86. The molecule has 228 valence electrons. The summed E-state index contributed by atoms with van der Waals surface area (Å²) in [6.07, 6.45) is 2.92. The van der Waals surface area contributed by atoms with Crippen molar-refractivity contribution in [3.8, 4) is 5.75 Å². The predicted molar refractivity (Wildman–Crippen MR) is 172 cm³/mol. The van der Waals surface area contributed by atoms with Crippen LogP contribution in [0.1, 0.15) is 45.7 Å². The van der Waals surface area contributed by atoms with Gasteiger partial charge in [-0.1, -0.05) is 42.5 Å². The van der Waals surface area contributed by atoms with Gasteiger partial charge in [0.15, 0.2) is 0 Å². The normalized spacial score (nSPS) is 11.1. The lowest BCUT2D eigenvalue weighted by Gasteiger charge is -2.20. The predicted octanol–water partition coefficient (Wildman–Crippen LogP) is 5.58. The molecule has 0 aromatic heterocycles. The molecule has 0 heterocycles. The van der Waals surface area contributed by atoms with Crippen LogP contribution in [0.15, 0.2) is 114 Å². The molecule has 11 nitrogen and oxygen atoms in total. The fourth-order valence-corrected chi connectivity index (χ4v) is 4.25. The molecule has 0 spiro atoms. The molecule has 0 aliphatic rings. The first-order valence-corrected chi connectivity index (χ1v) is 14.1. The number of nitrogens with one attached hydrogen (secondary N) is 2. The van der Waals surface area contributed by atoms with Crippen molar-refractivity contribution < 1.29 is 24.0 Å². The number of hydrazone groups is 1. The molecule has 0 bridgehead atoms. The summed E-state index contributed by atoms with van der Waals surface area (Å²) in [5.74, 6) is -1.59. The minimum atomic E-state index is -0.693. The maximum atomic E-state index is 13.2.